The third kappa shape index (κ3) is 1.99. The van der Waals surface area contributed by atoms with Gasteiger partial charge in [-0.2, -0.15) is 0 Å². The van der Waals surface area contributed by atoms with Crippen molar-refractivity contribution in [1.29, 1.82) is 0 Å². The van der Waals surface area contributed by atoms with Crippen LogP contribution in [0.25, 0.3) is 11.0 Å². The van der Waals surface area contributed by atoms with Gasteiger partial charge in [-0.1, -0.05) is 12.1 Å². The van der Waals surface area contributed by atoms with Crippen molar-refractivity contribution in [2.45, 2.75) is 25.3 Å². The Morgan fingerprint density at radius 2 is 1.78 bits per heavy atom. The van der Waals surface area contributed by atoms with Crippen molar-refractivity contribution in [3.05, 3.63) is 75.0 Å². The summed E-state index contributed by atoms with van der Waals surface area (Å²) in [7, 11) is 0. The Bertz CT molecular complexity index is 1210. The van der Waals surface area contributed by atoms with Crippen LogP contribution >= 0.6 is 0 Å². The number of halogens is 1. The molecule has 2 amide bonds. The highest BCUT2D eigenvalue weighted by Gasteiger charge is 2.58. The summed E-state index contributed by atoms with van der Waals surface area (Å²) < 4.78 is 13.3. The third-order valence-corrected chi connectivity index (χ3v) is 5.47. The Balaban J connectivity index is 1.70. The zero-order valence-corrected chi connectivity index (χ0v) is 14.4. The van der Waals surface area contributed by atoms with Gasteiger partial charge in [0.25, 0.3) is 11.8 Å². The van der Waals surface area contributed by atoms with E-state index in [9.17, 15) is 18.8 Å². The average molecular weight is 363 g/mol. The molecule has 0 unspecified atom stereocenters. The van der Waals surface area contributed by atoms with Gasteiger partial charge in [-0.3, -0.25) is 24.3 Å². The van der Waals surface area contributed by atoms with Crippen molar-refractivity contribution in [3.8, 4) is 0 Å². The molecule has 1 aliphatic heterocycles. The van der Waals surface area contributed by atoms with Crippen LogP contribution in [0.15, 0.2) is 41.3 Å². The van der Waals surface area contributed by atoms with Gasteiger partial charge in [0.05, 0.1) is 11.1 Å². The molecule has 0 bridgehead atoms. The maximum absolute atomic E-state index is 13.3. The second-order valence-electron chi connectivity index (χ2n) is 7.04. The summed E-state index contributed by atoms with van der Waals surface area (Å²) in [5, 5.41) is 0. The maximum atomic E-state index is 13.3. The predicted molar refractivity (Wildman–Crippen MR) is 94.9 cm³/mol. The first kappa shape index (κ1) is 15.9. The molecular weight excluding hydrogens is 349 g/mol. The number of hydrogen-bond donors (Lipinski definition) is 1. The Hall–Kier alpha value is -3.35. The minimum atomic E-state index is -0.824. The van der Waals surface area contributed by atoms with E-state index in [0.717, 1.165) is 10.5 Å². The second-order valence-corrected chi connectivity index (χ2v) is 7.04. The Kier molecular flexibility index (Phi) is 2.99. The number of carbonyl (C=O) groups is 2. The lowest BCUT2D eigenvalue weighted by atomic mass is 10.0. The minimum Gasteiger partial charge on any atom is -0.348 e. The van der Waals surface area contributed by atoms with Crippen molar-refractivity contribution in [3.63, 3.8) is 0 Å². The number of aryl methyl sites for hydroxylation is 1. The highest BCUT2D eigenvalue weighted by Crippen LogP contribution is 2.53. The van der Waals surface area contributed by atoms with Crippen LogP contribution in [0.4, 0.5) is 4.39 Å². The van der Waals surface area contributed by atoms with Crippen molar-refractivity contribution in [2.24, 2.45) is 0 Å². The van der Waals surface area contributed by atoms with E-state index < -0.39 is 22.8 Å². The summed E-state index contributed by atoms with van der Waals surface area (Å²) in [6, 6.07) is 7.50. The monoisotopic (exact) mass is 363 g/mol. The van der Waals surface area contributed by atoms with Gasteiger partial charge in [0.2, 0.25) is 5.43 Å². The molecule has 5 rings (SSSR count). The molecule has 1 aliphatic carbocycles. The normalized spacial score (nSPS) is 17.5. The number of H-pyrrole nitrogens is 1. The van der Waals surface area contributed by atoms with Crippen LogP contribution in [0.2, 0.25) is 0 Å². The fraction of sp³-hybridized carbons (Fsp3) is 0.200. The first-order chi connectivity index (χ1) is 12.9. The van der Waals surface area contributed by atoms with E-state index in [4.69, 9.17) is 0 Å². The molecule has 134 valence electrons. The molecule has 3 aromatic rings. The van der Waals surface area contributed by atoms with E-state index >= 15 is 0 Å². The van der Waals surface area contributed by atoms with E-state index in [1.54, 1.807) is 25.1 Å². The summed E-state index contributed by atoms with van der Waals surface area (Å²) in [6.07, 6.45) is 2.66. The number of nitrogens with zero attached hydrogens (tertiary/aromatic N) is 2. The molecular formula is C20H14FN3O3. The van der Waals surface area contributed by atoms with Gasteiger partial charge in [-0.25, -0.2) is 4.39 Å². The highest BCUT2D eigenvalue weighted by atomic mass is 19.1. The highest BCUT2D eigenvalue weighted by molar-refractivity contribution is 6.22. The molecule has 6 nitrogen and oxygen atoms in total. The number of aromatic nitrogens is 2. The molecule has 1 N–H and O–H groups in total. The van der Waals surface area contributed by atoms with E-state index in [1.165, 1.54) is 18.3 Å². The number of hydrogen-bond acceptors (Lipinski definition) is 4. The van der Waals surface area contributed by atoms with E-state index in [-0.39, 0.29) is 22.6 Å². The minimum absolute atomic E-state index is 0.00184. The van der Waals surface area contributed by atoms with Gasteiger partial charge < -0.3 is 4.98 Å². The molecule has 0 spiro atoms. The quantitative estimate of drug-likeness (QED) is 0.710. The summed E-state index contributed by atoms with van der Waals surface area (Å²) in [5.74, 6) is -1.54. The number of imide groups is 1. The molecule has 1 aromatic carbocycles. The van der Waals surface area contributed by atoms with Crippen molar-refractivity contribution >= 4 is 22.8 Å². The fourth-order valence-corrected chi connectivity index (χ4v) is 3.90. The lowest BCUT2D eigenvalue weighted by molar-refractivity contribution is 0.0553. The van der Waals surface area contributed by atoms with Crippen LogP contribution < -0.4 is 5.43 Å². The fourth-order valence-electron chi connectivity index (χ4n) is 3.90. The van der Waals surface area contributed by atoms with E-state index in [2.05, 4.69) is 9.97 Å². The van der Waals surface area contributed by atoms with Crippen LogP contribution in [0.5, 0.6) is 0 Å². The van der Waals surface area contributed by atoms with Crippen LogP contribution in [0.3, 0.4) is 0 Å². The van der Waals surface area contributed by atoms with Gasteiger partial charge in [-0.05, 0) is 49.1 Å². The first-order valence-corrected chi connectivity index (χ1v) is 8.60. The second kappa shape index (κ2) is 5.09. The number of amides is 2. The molecule has 27 heavy (non-hydrogen) atoms. The number of carbonyl (C=O) groups excluding carboxylic acids is 2. The molecule has 3 heterocycles. The lowest BCUT2D eigenvalue weighted by Crippen LogP contribution is -2.40. The molecule has 0 atom stereocenters. The van der Waals surface area contributed by atoms with Gasteiger partial charge in [0.1, 0.15) is 22.6 Å². The van der Waals surface area contributed by atoms with Crippen molar-refractivity contribution in [1.82, 2.24) is 14.9 Å². The smallest absolute Gasteiger partial charge is 0.278 e. The third-order valence-electron chi connectivity index (χ3n) is 5.47. The maximum Gasteiger partial charge on any atom is 0.278 e. The Labute approximate surface area is 152 Å². The number of fused-ring (bicyclic) bond motifs is 2. The number of rotatable bonds is 2. The van der Waals surface area contributed by atoms with Crippen LogP contribution in [0, 0.1) is 12.7 Å². The zero-order valence-electron chi connectivity index (χ0n) is 14.4. The van der Waals surface area contributed by atoms with E-state index in [0.29, 0.717) is 23.9 Å². The first-order valence-electron chi connectivity index (χ1n) is 8.60. The molecule has 1 saturated carbocycles. The zero-order chi connectivity index (χ0) is 18.9. The van der Waals surface area contributed by atoms with Gasteiger partial charge in [-0.15, -0.1) is 0 Å². The summed E-state index contributed by atoms with van der Waals surface area (Å²) in [4.78, 5) is 47.2. The number of pyridine rings is 2. The number of aromatic amines is 1. The lowest BCUT2D eigenvalue weighted by Gasteiger charge is -2.26. The Morgan fingerprint density at radius 1 is 1.07 bits per heavy atom. The summed E-state index contributed by atoms with van der Waals surface area (Å²) in [5.41, 5.74) is 0.511. The molecule has 0 saturated heterocycles. The van der Waals surface area contributed by atoms with Gasteiger partial charge in [0.15, 0.2) is 0 Å². The summed E-state index contributed by atoms with van der Waals surface area (Å²) >= 11 is 0. The van der Waals surface area contributed by atoms with Crippen molar-refractivity contribution < 1.29 is 14.0 Å². The molecule has 2 aliphatic rings. The average Bonchev–Trinajstić information content (AvgIpc) is 3.39. The molecule has 1 fully saturated rings. The molecule has 2 aromatic heterocycles. The SMILES string of the molecule is Cc1ccnc2c(=O)c3c([nH]c12)C(=O)N(C1(c2ccc(F)cc2)CC1)C3=O. The van der Waals surface area contributed by atoms with Crippen LogP contribution in [-0.4, -0.2) is 26.7 Å². The Morgan fingerprint density at radius 3 is 2.44 bits per heavy atom. The number of benzene rings is 1. The number of nitrogens with one attached hydrogen (secondary N) is 1. The van der Waals surface area contributed by atoms with E-state index in [1.807, 2.05) is 0 Å². The summed E-state index contributed by atoms with van der Waals surface area (Å²) in [6.45, 7) is 1.80. The van der Waals surface area contributed by atoms with Crippen LogP contribution in [-0.2, 0) is 5.54 Å². The predicted octanol–water partition coefficient (Wildman–Crippen LogP) is 2.66. The standard InChI is InChI=1S/C20H14FN3O3/c1-10-6-9-22-16-14(10)23-15-13(17(16)25)18(26)24(19(15)27)20(7-8-20)11-2-4-12(21)5-3-11/h2-6,9H,7-8H2,1H3,(H,23,25). The topological polar surface area (TPSA) is 83.1 Å². The van der Waals surface area contributed by atoms with Crippen molar-refractivity contribution in [2.75, 3.05) is 0 Å². The largest absolute Gasteiger partial charge is 0.348 e. The van der Waals surface area contributed by atoms with Gasteiger partial charge in [0, 0.05) is 6.20 Å². The molecule has 7 heteroatoms. The van der Waals surface area contributed by atoms with Gasteiger partial charge >= 0.3 is 0 Å². The van der Waals surface area contributed by atoms with Crippen LogP contribution in [0.1, 0.15) is 44.8 Å². The molecule has 0 radical (unpaired) electrons.